The predicted octanol–water partition coefficient (Wildman–Crippen LogP) is 4.83. The van der Waals surface area contributed by atoms with E-state index in [1.54, 1.807) is 19.2 Å². The number of fused-ring (bicyclic) bond motifs is 3. The third kappa shape index (κ3) is 3.46. The normalized spacial score (nSPS) is 17.9. The molecule has 34 heavy (non-hydrogen) atoms. The van der Waals surface area contributed by atoms with Gasteiger partial charge in [0.1, 0.15) is 11.9 Å². The number of aryl methyl sites for hydroxylation is 2. The Bertz CT molecular complexity index is 1250. The van der Waals surface area contributed by atoms with Gasteiger partial charge in [-0.3, -0.25) is 19.3 Å². The summed E-state index contributed by atoms with van der Waals surface area (Å²) in [6, 6.07) is 18.9. The molecule has 3 aromatic rings. The minimum absolute atomic E-state index is 0.0535. The standard InChI is InChI=1S/C29H33N3O2/c1-5-17-30-28(19(2)3)32(31-18-16-25(33)20(4)26(31)29(30)34)27-23-12-8-6-10-21(23)14-15-22-11-7-9-13-24(22)27/h6-13,16,18-19,27-28H,5,14-15,17H2,1-4H3. The van der Waals surface area contributed by atoms with Crippen molar-refractivity contribution in [2.24, 2.45) is 5.92 Å². The molecule has 1 aromatic heterocycles. The lowest BCUT2D eigenvalue weighted by Gasteiger charge is -2.52. The predicted molar refractivity (Wildman–Crippen MR) is 136 cm³/mol. The first-order valence-electron chi connectivity index (χ1n) is 12.4. The van der Waals surface area contributed by atoms with Crippen molar-refractivity contribution in [1.82, 2.24) is 9.58 Å². The van der Waals surface area contributed by atoms with Gasteiger partial charge >= 0.3 is 0 Å². The summed E-state index contributed by atoms with van der Waals surface area (Å²) in [5.74, 6) is 0.133. The Balaban J connectivity index is 1.85. The molecule has 1 atom stereocenters. The van der Waals surface area contributed by atoms with Crippen molar-refractivity contribution in [2.45, 2.75) is 59.2 Å². The van der Waals surface area contributed by atoms with E-state index in [1.165, 1.54) is 22.3 Å². The molecule has 0 fully saturated rings. The van der Waals surface area contributed by atoms with Crippen LogP contribution in [0.4, 0.5) is 0 Å². The van der Waals surface area contributed by atoms with Crippen LogP contribution in [0.25, 0.3) is 0 Å². The van der Waals surface area contributed by atoms with Crippen molar-refractivity contribution in [3.8, 4) is 0 Å². The maximum atomic E-state index is 13.8. The van der Waals surface area contributed by atoms with Crippen LogP contribution < -0.4 is 10.4 Å². The van der Waals surface area contributed by atoms with E-state index >= 15 is 0 Å². The Kier molecular flexibility index (Phi) is 5.80. The molecule has 2 heterocycles. The lowest BCUT2D eigenvalue weighted by atomic mass is 9.92. The molecule has 5 rings (SSSR count). The molecule has 1 aliphatic heterocycles. The quantitative estimate of drug-likeness (QED) is 0.566. The van der Waals surface area contributed by atoms with E-state index in [0.29, 0.717) is 17.8 Å². The van der Waals surface area contributed by atoms with Crippen LogP contribution >= 0.6 is 0 Å². The number of amides is 1. The molecular weight excluding hydrogens is 422 g/mol. The summed E-state index contributed by atoms with van der Waals surface area (Å²) in [5.41, 5.74) is 6.11. The summed E-state index contributed by atoms with van der Waals surface area (Å²) >= 11 is 0. The summed E-state index contributed by atoms with van der Waals surface area (Å²) in [4.78, 5) is 28.5. The van der Waals surface area contributed by atoms with Gasteiger partial charge in [0.05, 0.1) is 6.04 Å². The highest BCUT2D eigenvalue weighted by molar-refractivity contribution is 5.95. The molecule has 0 N–H and O–H groups in total. The van der Waals surface area contributed by atoms with Gasteiger partial charge in [-0.15, -0.1) is 0 Å². The summed E-state index contributed by atoms with van der Waals surface area (Å²) in [5, 5.41) is 2.37. The van der Waals surface area contributed by atoms with E-state index in [9.17, 15) is 9.59 Å². The molecule has 2 aromatic carbocycles. The molecule has 1 unspecified atom stereocenters. The molecule has 5 heteroatoms. The summed E-state index contributed by atoms with van der Waals surface area (Å²) in [6.07, 6.45) is 4.48. The van der Waals surface area contributed by atoms with Gasteiger partial charge in [0.25, 0.3) is 5.91 Å². The maximum absolute atomic E-state index is 13.8. The van der Waals surface area contributed by atoms with Gasteiger partial charge in [0.2, 0.25) is 0 Å². The molecule has 0 bridgehead atoms. The van der Waals surface area contributed by atoms with E-state index < -0.39 is 0 Å². The van der Waals surface area contributed by atoms with Crippen LogP contribution in [0.15, 0.2) is 65.6 Å². The zero-order chi connectivity index (χ0) is 24.0. The van der Waals surface area contributed by atoms with Crippen molar-refractivity contribution < 1.29 is 4.79 Å². The average Bonchev–Trinajstić information content (AvgIpc) is 2.99. The highest BCUT2D eigenvalue weighted by Gasteiger charge is 2.44. The number of aromatic nitrogens is 1. The zero-order valence-corrected chi connectivity index (χ0v) is 20.5. The monoisotopic (exact) mass is 455 g/mol. The van der Waals surface area contributed by atoms with Crippen molar-refractivity contribution in [3.63, 3.8) is 0 Å². The van der Waals surface area contributed by atoms with Gasteiger partial charge in [0.15, 0.2) is 5.43 Å². The molecule has 0 radical (unpaired) electrons. The molecule has 176 valence electrons. The lowest BCUT2D eigenvalue weighted by molar-refractivity contribution is 0.0473. The van der Waals surface area contributed by atoms with Crippen LogP contribution in [0.2, 0.25) is 0 Å². The first-order chi connectivity index (χ1) is 16.4. The molecule has 1 amide bonds. The summed E-state index contributed by atoms with van der Waals surface area (Å²) in [7, 11) is 0. The van der Waals surface area contributed by atoms with E-state index in [1.807, 2.05) is 9.58 Å². The van der Waals surface area contributed by atoms with Gasteiger partial charge in [-0.2, -0.15) is 0 Å². The Morgan fingerprint density at radius 2 is 1.50 bits per heavy atom. The third-order valence-corrected chi connectivity index (χ3v) is 7.31. The fraction of sp³-hybridized carbons (Fsp3) is 0.379. The molecule has 0 saturated carbocycles. The number of carbonyl (C=O) groups is 1. The second-order valence-corrected chi connectivity index (χ2v) is 9.83. The Morgan fingerprint density at radius 3 is 2.06 bits per heavy atom. The minimum atomic E-state index is -0.147. The van der Waals surface area contributed by atoms with E-state index in [-0.39, 0.29) is 29.5 Å². The molecule has 0 spiro atoms. The Hall–Kier alpha value is -3.34. The van der Waals surface area contributed by atoms with Gasteiger partial charge in [-0.1, -0.05) is 69.3 Å². The van der Waals surface area contributed by atoms with E-state index in [4.69, 9.17) is 0 Å². The molecule has 5 nitrogen and oxygen atoms in total. The SMILES string of the molecule is CCCN1C(=O)c2c(C)c(=O)ccn2N(C2c3ccccc3CCc3ccccc32)C1C(C)C. The lowest BCUT2D eigenvalue weighted by Crippen LogP contribution is -2.64. The zero-order valence-electron chi connectivity index (χ0n) is 20.5. The van der Waals surface area contributed by atoms with Crippen LogP contribution in [0.5, 0.6) is 0 Å². The Morgan fingerprint density at radius 1 is 0.912 bits per heavy atom. The van der Waals surface area contributed by atoms with E-state index in [0.717, 1.165) is 19.3 Å². The van der Waals surface area contributed by atoms with Crippen molar-refractivity contribution in [1.29, 1.82) is 0 Å². The number of benzene rings is 2. The maximum Gasteiger partial charge on any atom is 0.274 e. The fourth-order valence-electron chi connectivity index (χ4n) is 5.80. The van der Waals surface area contributed by atoms with Crippen molar-refractivity contribution in [2.75, 3.05) is 11.6 Å². The van der Waals surface area contributed by atoms with Crippen LogP contribution in [0.1, 0.15) is 71.5 Å². The van der Waals surface area contributed by atoms with Gasteiger partial charge in [0, 0.05) is 24.4 Å². The summed E-state index contributed by atoms with van der Waals surface area (Å²) in [6.45, 7) is 8.89. The topological polar surface area (TPSA) is 45.6 Å². The third-order valence-electron chi connectivity index (χ3n) is 7.31. The number of rotatable bonds is 4. The Labute approximate surface area is 201 Å². The van der Waals surface area contributed by atoms with Crippen LogP contribution in [0.3, 0.4) is 0 Å². The smallest absolute Gasteiger partial charge is 0.274 e. The van der Waals surface area contributed by atoms with Gasteiger partial charge in [-0.05, 0) is 54.4 Å². The first kappa shape index (κ1) is 22.5. The molecule has 2 aliphatic rings. The number of nitrogens with zero attached hydrogens (tertiary/aromatic N) is 3. The first-order valence-corrected chi connectivity index (χ1v) is 12.4. The van der Waals surface area contributed by atoms with Crippen molar-refractivity contribution >= 4 is 5.91 Å². The molecule has 1 aliphatic carbocycles. The number of hydrogen-bond donors (Lipinski definition) is 0. The van der Waals surface area contributed by atoms with Crippen LogP contribution in [-0.4, -0.2) is 28.2 Å². The second kappa shape index (κ2) is 8.79. The second-order valence-electron chi connectivity index (χ2n) is 9.83. The van der Waals surface area contributed by atoms with Crippen LogP contribution in [-0.2, 0) is 12.8 Å². The highest BCUT2D eigenvalue weighted by atomic mass is 16.2. The van der Waals surface area contributed by atoms with Crippen molar-refractivity contribution in [3.05, 3.63) is 105 Å². The van der Waals surface area contributed by atoms with Crippen LogP contribution in [0, 0.1) is 12.8 Å². The number of carbonyl (C=O) groups excluding carboxylic acids is 1. The number of hydrogen-bond acceptors (Lipinski definition) is 3. The van der Waals surface area contributed by atoms with E-state index in [2.05, 4.69) is 74.3 Å². The van der Waals surface area contributed by atoms with Gasteiger partial charge < -0.3 is 4.90 Å². The summed E-state index contributed by atoms with van der Waals surface area (Å²) < 4.78 is 1.99. The fourth-order valence-corrected chi connectivity index (χ4v) is 5.80. The van der Waals surface area contributed by atoms with Gasteiger partial charge in [-0.25, -0.2) is 0 Å². The number of pyridine rings is 1. The largest absolute Gasteiger partial charge is 0.315 e. The highest BCUT2D eigenvalue weighted by Crippen LogP contribution is 2.40. The molecular formula is C29H33N3O2. The minimum Gasteiger partial charge on any atom is -0.315 e. The molecule has 0 saturated heterocycles. The average molecular weight is 456 g/mol.